The van der Waals surface area contributed by atoms with E-state index >= 15 is 0 Å². The van der Waals surface area contributed by atoms with Gasteiger partial charge in [-0.05, 0) is 49.5 Å². The summed E-state index contributed by atoms with van der Waals surface area (Å²) in [5, 5.41) is 12.1. The van der Waals surface area contributed by atoms with Crippen molar-refractivity contribution in [3.63, 3.8) is 0 Å². The molecule has 4 aromatic carbocycles. The summed E-state index contributed by atoms with van der Waals surface area (Å²) < 4.78 is 0. The highest BCUT2D eigenvalue weighted by Gasteiger charge is 2.44. The molecule has 4 aromatic rings. The first kappa shape index (κ1) is 10.4. The molecule has 0 unspecified atom stereocenters. The number of nitrogens with one attached hydrogen (secondary N) is 1. The molecule has 1 saturated heterocycles. The highest BCUT2D eigenvalue weighted by molar-refractivity contribution is 6.20. The van der Waals surface area contributed by atoms with E-state index < -0.39 is 0 Å². The molecule has 1 nitrogen and oxygen atoms in total. The molecular formula is C20H13N. The second kappa shape index (κ2) is 3.26. The van der Waals surface area contributed by atoms with E-state index in [0.29, 0.717) is 12.1 Å². The second-order valence-electron chi connectivity index (χ2n) is 6.24. The normalized spacial score (nSPS) is 22.1. The number of hydrogen-bond acceptors (Lipinski definition) is 1. The van der Waals surface area contributed by atoms with E-state index in [2.05, 4.69) is 66.0 Å². The van der Waals surface area contributed by atoms with Gasteiger partial charge in [0.05, 0.1) is 12.1 Å². The highest BCUT2D eigenvalue weighted by Crippen LogP contribution is 2.54. The third-order valence-electron chi connectivity index (χ3n) is 5.18. The standard InChI is InChI=1S/C20H13N/c1-2-6-13-12(4-1)10-16-18-14(13)9-8-11-5-3-7-15(17(11)18)19-20(16)21-19/h1-10,19-21H/t19-,20+/m1/s1. The predicted molar refractivity (Wildman–Crippen MR) is 87.6 cm³/mol. The lowest BCUT2D eigenvalue weighted by Crippen LogP contribution is -1.97. The maximum Gasteiger partial charge on any atom is 0.0530 e. The molecule has 21 heavy (non-hydrogen) atoms. The van der Waals surface area contributed by atoms with Crippen LogP contribution in [0.15, 0.2) is 60.7 Å². The summed E-state index contributed by atoms with van der Waals surface area (Å²) in [7, 11) is 0. The first-order valence-corrected chi connectivity index (χ1v) is 7.55. The van der Waals surface area contributed by atoms with E-state index in [0.717, 1.165) is 0 Å². The van der Waals surface area contributed by atoms with Crippen LogP contribution >= 0.6 is 0 Å². The topological polar surface area (TPSA) is 21.9 Å². The van der Waals surface area contributed by atoms with Gasteiger partial charge in [-0.3, -0.25) is 5.32 Å². The summed E-state index contributed by atoms with van der Waals surface area (Å²) in [6.45, 7) is 0. The van der Waals surface area contributed by atoms with Crippen molar-refractivity contribution in [1.29, 1.82) is 0 Å². The maximum absolute atomic E-state index is 3.66. The zero-order chi connectivity index (χ0) is 13.6. The number of rotatable bonds is 0. The average molecular weight is 267 g/mol. The minimum atomic E-state index is 0.512. The van der Waals surface area contributed by atoms with E-state index in [1.165, 1.54) is 43.4 Å². The smallest absolute Gasteiger partial charge is 0.0530 e. The van der Waals surface area contributed by atoms with Crippen LogP contribution in [0.25, 0.3) is 32.3 Å². The zero-order valence-electron chi connectivity index (χ0n) is 11.4. The van der Waals surface area contributed by atoms with Crippen molar-refractivity contribution < 1.29 is 0 Å². The number of fused-ring (bicyclic) bond motifs is 5. The Hall–Kier alpha value is -2.38. The van der Waals surface area contributed by atoms with Crippen molar-refractivity contribution in [1.82, 2.24) is 5.32 Å². The molecule has 0 saturated carbocycles. The van der Waals surface area contributed by atoms with Crippen LogP contribution in [0.2, 0.25) is 0 Å². The molecule has 2 atom stereocenters. The van der Waals surface area contributed by atoms with E-state index in [1.807, 2.05) is 0 Å². The van der Waals surface area contributed by atoms with Gasteiger partial charge in [-0.2, -0.15) is 0 Å². The van der Waals surface area contributed by atoms with Gasteiger partial charge in [-0.25, -0.2) is 0 Å². The Morgan fingerprint density at radius 1 is 0.619 bits per heavy atom. The average Bonchev–Trinajstić information content (AvgIpc) is 3.34. The molecule has 6 rings (SSSR count). The Balaban J connectivity index is 2.00. The molecule has 1 fully saturated rings. The lowest BCUT2D eigenvalue weighted by atomic mass is 9.84. The Bertz CT molecular complexity index is 1080. The summed E-state index contributed by atoms with van der Waals surface area (Å²) in [4.78, 5) is 0. The van der Waals surface area contributed by atoms with Gasteiger partial charge in [0, 0.05) is 0 Å². The molecule has 0 spiro atoms. The van der Waals surface area contributed by atoms with E-state index in [9.17, 15) is 0 Å². The first-order valence-electron chi connectivity index (χ1n) is 7.55. The largest absolute Gasteiger partial charge is 0.300 e. The minimum Gasteiger partial charge on any atom is -0.300 e. The fraction of sp³-hybridized carbons (Fsp3) is 0.100. The van der Waals surface area contributed by atoms with Crippen LogP contribution in [-0.4, -0.2) is 0 Å². The molecule has 0 bridgehead atoms. The molecule has 1 aliphatic carbocycles. The van der Waals surface area contributed by atoms with Crippen molar-refractivity contribution in [2.45, 2.75) is 12.1 Å². The van der Waals surface area contributed by atoms with Gasteiger partial charge in [0.2, 0.25) is 0 Å². The quantitative estimate of drug-likeness (QED) is 0.357. The second-order valence-corrected chi connectivity index (χ2v) is 6.24. The van der Waals surface area contributed by atoms with Gasteiger partial charge < -0.3 is 0 Å². The fourth-order valence-electron chi connectivity index (χ4n) is 4.22. The molecule has 0 radical (unpaired) electrons. The van der Waals surface area contributed by atoms with Crippen molar-refractivity contribution in [3.8, 4) is 0 Å². The summed E-state index contributed by atoms with van der Waals surface area (Å²) >= 11 is 0. The summed E-state index contributed by atoms with van der Waals surface area (Å²) in [6.07, 6.45) is 0. The molecule has 2 aliphatic rings. The Kier molecular flexibility index (Phi) is 1.61. The van der Waals surface area contributed by atoms with E-state index in [1.54, 1.807) is 0 Å². The Morgan fingerprint density at radius 3 is 2.48 bits per heavy atom. The van der Waals surface area contributed by atoms with Crippen molar-refractivity contribution in [3.05, 3.63) is 71.8 Å². The van der Waals surface area contributed by atoms with Crippen molar-refractivity contribution in [2.75, 3.05) is 0 Å². The third-order valence-corrected chi connectivity index (χ3v) is 5.18. The molecule has 0 amide bonds. The molecule has 1 heteroatoms. The lowest BCUT2D eigenvalue weighted by molar-refractivity contribution is 1.04. The molecular weight excluding hydrogens is 254 g/mol. The predicted octanol–water partition coefficient (Wildman–Crippen LogP) is 4.85. The van der Waals surface area contributed by atoms with Gasteiger partial charge in [0.25, 0.3) is 0 Å². The highest BCUT2D eigenvalue weighted by atomic mass is 15.2. The van der Waals surface area contributed by atoms with E-state index in [-0.39, 0.29) is 0 Å². The molecule has 98 valence electrons. The van der Waals surface area contributed by atoms with Crippen LogP contribution < -0.4 is 5.32 Å². The summed E-state index contributed by atoms with van der Waals surface area (Å²) in [6, 6.07) is 23.5. The van der Waals surface area contributed by atoms with Crippen LogP contribution in [-0.2, 0) is 0 Å². The number of benzene rings is 4. The van der Waals surface area contributed by atoms with Gasteiger partial charge in [-0.15, -0.1) is 0 Å². The number of hydrogen-bond donors (Lipinski definition) is 1. The van der Waals surface area contributed by atoms with E-state index in [4.69, 9.17) is 0 Å². The van der Waals surface area contributed by atoms with Gasteiger partial charge >= 0.3 is 0 Å². The van der Waals surface area contributed by atoms with Crippen LogP contribution in [0, 0.1) is 0 Å². The maximum atomic E-state index is 3.66. The van der Waals surface area contributed by atoms with Gasteiger partial charge in [-0.1, -0.05) is 54.6 Å². The van der Waals surface area contributed by atoms with Gasteiger partial charge in [0.1, 0.15) is 0 Å². The monoisotopic (exact) mass is 267 g/mol. The molecule has 1 heterocycles. The lowest BCUT2D eigenvalue weighted by Gasteiger charge is -2.18. The van der Waals surface area contributed by atoms with Crippen molar-refractivity contribution >= 4 is 32.3 Å². The Morgan fingerprint density at radius 2 is 1.48 bits per heavy atom. The zero-order valence-corrected chi connectivity index (χ0v) is 11.4. The third kappa shape index (κ3) is 1.13. The minimum absolute atomic E-state index is 0.512. The van der Waals surface area contributed by atoms with Crippen molar-refractivity contribution in [2.24, 2.45) is 0 Å². The van der Waals surface area contributed by atoms with Gasteiger partial charge in [0.15, 0.2) is 0 Å². The molecule has 1 aliphatic heterocycles. The Labute approximate surface area is 122 Å². The summed E-state index contributed by atoms with van der Waals surface area (Å²) in [5.74, 6) is 0. The van der Waals surface area contributed by atoms with Crippen LogP contribution in [0.3, 0.4) is 0 Å². The first-order chi connectivity index (χ1) is 10.4. The van der Waals surface area contributed by atoms with Crippen LogP contribution in [0.5, 0.6) is 0 Å². The fourth-order valence-corrected chi connectivity index (χ4v) is 4.22. The molecule has 0 aromatic heterocycles. The molecule has 1 N–H and O–H groups in total. The summed E-state index contributed by atoms with van der Waals surface area (Å²) in [5.41, 5.74) is 2.96. The van der Waals surface area contributed by atoms with Crippen LogP contribution in [0.1, 0.15) is 23.2 Å². The van der Waals surface area contributed by atoms with Crippen LogP contribution in [0.4, 0.5) is 0 Å². The SMILES string of the molecule is c1ccc2c(c1)cc1c3c2ccc2cccc(c23)[C@H]2N[C@@H]12.